The number of rotatable bonds is 6. The molecular weight excluding hydrogens is 164 g/mol. The Labute approximate surface area is 81.2 Å². The van der Waals surface area contributed by atoms with E-state index >= 15 is 0 Å². The maximum absolute atomic E-state index is 6.06. The van der Waals surface area contributed by atoms with Crippen molar-refractivity contribution in [2.45, 2.75) is 31.7 Å². The highest BCUT2D eigenvalue weighted by molar-refractivity contribution is 4.98. The van der Waals surface area contributed by atoms with Crippen molar-refractivity contribution in [2.75, 3.05) is 33.4 Å². The fraction of sp³-hybridized carbons (Fsp3) is 1.00. The minimum atomic E-state index is 0.126. The summed E-state index contributed by atoms with van der Waals surface area (Å²) in [6.07, 6.45) is 3.49. The number of nitrogens with zero attached hydrogens (tertiary/aromatic N) is 1. The Morgan fingerprint density at radius 1 is 1.38 bits per heavy atom. The van der Waals surface area contributed by atoms with Crippen LogP contribution in [0.4, 0.5) is 0 Å². The maximum Gasteiger partial charge on any atom is 0.0462 e. The van der Waals surface area contributed by atoms with Gasteiger partial charge in [0.25, 0.3) is 0 Å². The topological polar surface area (TPSA) is 38.5 Å². The summed E-state index contributed by atoms with van der Waals surface area (Å²) in [6.45, 7) is 6.40. The Hall–Kier alpha value is -0.120. The second kappa shape index (κ2) is 4.94. The fourth-order valence-electron chi connectivity index (χ4n) is 1.81. The summed E-state index contributed by atoms with van der Waals surface area (Å²) in [4.78, 5) is 2.43. The van der Waals surface area contributed by atoms with E-state index in [9.17, 15) is 0 Å². The Bertz CT molecular complexity index is 144. The van der Waals surface area contributed by atoms with Gasteiger partial charge in [0, 0.05) is 32.3 Å². The lowest BCUT2D eigenvalue weighted by Crippen LogP contribution is -2.66. The highest BCUT2D eigenvalue weighted by Crippen LogP contribution is 2.21. The Balaban J connectivity index is 1.96. The molecule has 0 bridgehead atoms. The second-order valence-electron chi connectivity index (χ2n) is 4.13. The first-order valence-corrected chi connectivity index (χ1v) is 5.20. The van der Waals surface area contributed by atoms with Gasteiger partial charge in [0.05, 0.1) is 0 Å². The third-order valence-electron chi connectivity index (χ3n) is 2.85. The van der Waals surface area contributed by atoms with Crippen LogP contribution in [0.3, 0.4) is 0 Å². The number of hydrogen-bond donors (Lipinski definition) is 1. The molecule has 0 atom stereocenters. The van der Waals surface area contributed by atoms with Gasteiger partial charge in [0.15, 0.2) is 0 Å². The largest absolute Gasteiger partial charge is 0.385 e. The van der Waals surface area contributed by atoms with E-state index in [1.54, 1.807) is 7.11 Å². The van der Waals surface area contributed by atoms with Crippen LogP contribution < -0.4 is 5.73 Å². The molecule has 1 saturated heterocycles. The maximum atomic E-state index is 6.06. The molecule has 78 valence electrons. The van der Waals surface area contributed by atoms with Crippen LogP contribution in [0.2, 0.25) is 0 Å². The molecule has 0 saturated carbocycles. The summed E-state index contributed by atoms with van der Waals surface area (Å²) >= 11 is 0. The van der Waals surface area contributed by atoms with E-state index in [-0.39, 0.29) is 5.54 Å². The number of nitrogens with two attached hydrogens (primary N) is 1. The molecule has 0 aromatic carbocycles. The average Bonchev–Trinajstić information content (AvgIpc) is 2.08. The molecule has 0 amide bonds. The zero-order chi connectivity index (χ0) is 9.73. The molecule has 1 aliphatic rings. The first-order valence-electron chi connectivity index (χ1n) is 5.20. The lowest BCUT2D eigenvalue weighted by molar-refractivity contribution is 0.0639. The van der Waals surface area contributed by atoms with Crippen LogP contribution in [0.1, 0.15) is 26.2 Å². The van der Waals surface area contributed by atoms with Gasteiger partial charge in [-0.05, 0) is 25.8 Å². The molecule has 3 nitrogen and oxygen atoms in total. The van der Waals surface area contributed by atoms with Crippen molar-refractivity contribution in [1.29, 1.82) is 0 Å². The highest BCUT2D eigenvalue weighted by atomic mass is 16.5. The molecule has 0 unspecified atom stereocenters. The van der Waals surface area contributed by atoms with Crippen molar-refractivity contribution < 1.29 is 4.74 Å². The summed E-state index contributed by atoms with van der Waals surface area (Å²) in [5.74, 6) is 0. The number of ether oxygens (including phenoxy) is 1. The highest BCUT2D eigenvalue weighted by Gasteiger charge is 2.36. The zero-order valence-electron chi connectivity index (χ0n) is 8.88. The van der Waals surface area contributed by atoms with Gasteiger partial charge in [0.2, 0.25) is 0 Å². The minimum Gasteiger partial charge on any atom is -0.385 e. The molecule has 1 rings (SSSR count). The molecule has 1 heterocycles. The lowest BCUT2D eigenvalue weighted by atomic mass is 9.88. The van der Waals surface area contributed by atoms with Crippen LogP contribution in [0.25, 0.3) is 0 Å². The summed E-state index contributed by atoms with van der Waals surface area (Å²) < 4.78 is 4.99. The van der Waals surface area contributed by atoms with E-state index in [0.717, 1.165) is 32.5 Å². The number of likely N-dealkylation sites (tertiary alicyclic amines) is 1. The predicted octanol–water partition coefficient (Wildman–Crippen LogP) is 0.836. The van der Waals surface area contributed by atoms with Gasteiger partial charge >= 0.3 is 0 Å². The van der Waals surface area contributed by atoms with Gasteiger partial charge in [-0.3, -0.25) is 4.90 Å². The van der Waals surface area contributed by atoms with Crippen molar-refractivity contribution in [3.63, 3.8) is 0 Å². The third kappa shape index (κ3) is 3.25. The van der Waals surface area contributed by atoms with Crippen molar-refractivity contribution >= 4 is 0 Å². The van der Waals surface area contributed by atoms with E-state index in [1.165, 1.54) is 13.0 Å². The smallest absolute Gasteiger partial charge is 0.0462 e. The Morgan fingerprint density at radius 3 is 2.62 bits per heavy atom. The molecule has 3 heteroatoms. The van der Waals surface area contributed by atoms with Crippen LogP contribution >= 0.6 is 0 Å². The standard InChI is InChI=1S/C10H22N2O/c1-3-10(11)8-12(9-10)6-4-5-7-13-2/h3-9,11H2,1-2H3. The molecule has 1 aliphatic heterocycles. The molecule has 0 aromatic rings. The number of hydrogen-bond acceptors (Lipinski definition) is 3. The molecule has 0 spiro atoms. The van der Waals surface area contributed by atoms with E-state index in [2.05, 4.69) is 11.8 Å². The van der Waals surface area contributed by atoms with Crippen LogP contribution in [-0.2, 0) is 4.74 Å². The van der Waals surface area contributed by atoms with Crippen LogP contribution in [0.5, 0.6) is 0 Å². The van der Waals surface area contributed by atoms with E-state index in [0.29, 0.717) is 0 Å². The van der Waals surface area contributed by atoms with E-state index in [1.807, 2.05) is 0 Å². The van der Waals surface area contributed by atoms with E-state index in [4.69, 9.17) is 10.5 Å². The van der Waals surface area contributed by atoms with Crippen molar-refractivity contribution in [3.8, 4) is 0 Å². The molecular formula is C10H22N2O. The quantitative estimate of drug-likeness (QED) is 0.625. The Morgan fingerprint density at radius 2 is 2.08 bits per heavy atom. The minimum absolute atomic E-state index is 0.126. The van der Waals surface area contributed by atoms with Crippen LogP contribution in [0, 0.1) is 0 Å². The van der Waals surface area contributed by atoms with Gasteiger partial charge in [-0.2, -0.15) is 0 Å². The summed E-state index contributed by atoms with van der Waals surface area (Å²) in [6, 6.07) is 0. The van der Waals surface area contributed by atoms with Crippen molar-refractivity contribution in [3.05, 3.63) is 0 Å². The van der Waals surface area contributed by atoms with Gasteiger partial charge in [-0.25, -0.2) is 0 Å². The first kappa shape index (κ1) is 11.0. The van der Waals surface area contributed by atoms with Crippen molar-refractivity contribution in [2.24, 2.45) is 5.73 Å². The monoisotopic (exact) mass is 186 g/mol. The van der Waals surface area contributed by atoms with Crippen LogP contribution in [-0.4, -0.2) is 43.8 Å². The summed E-state index contributed by atoms with van der Waals surface area (Å²) in [5.41, 5.74) is 6.18. The summed E-state index contributed by atoms with van der Waals surface area (Å²) in [7, 11) is 1.76. The molecule has 0 radical (unpaired) electrons. The lowest BCUT2D eigenvalue weighted by Gasteiger charge is -2.47. The second-order valence-corrected chi connectivity index (χ2v) is 4.13. The Kier molecular flexibility index (Phi) is 4.16. The number of methoxy groups -OCH3 is 1. The molecule has 2 N–H and O–H groups in total. The van der Waals surface area contributed by atoms with Gasteiger partial charge in [-0.1, -0.05) is 6.92 Å². The van der Waals surface area contributed by atoms with Gasteiger partial charge < -0.3 is 10.5 Å². The molecule has 13 heavy (non-hydrogen) atoms. The van der Waals surface area contributed by atoms with Gasteiger partial charge in [0.1, 0.15) is 0 Å². The molecule has 1 fully saturated rings. The van der Waals surface area contributed by atoms with Crippen molar-refractivity contribution in [1.82, 2.24) is 4.90 Å². The van der Waals surface area contributed by atoms with E-state index < -0.39 is 0 Å². The fourth-order valence-corrected chi connectivity index (χ4v) is 1.81. The molecule has 0 aliphatic carbocycles. The number of unbranched alkanes of at least 4 members (excludes halogenated alkanes) is 1. The first-order chi connectivity index (χ1) is 6.20. The third-order valence-corrected chi connectivity index (χ3v) is 2.85. The van der Waals surface area contributed by atoms with Gasteiger partial charge in [-0.15, -0.1) is 0 Å². The normalized spacial score (nSPS) is 21.5. The average molecular weight is 186 g/mol. The van der Waals surface area contributed by atoms with Crippen LogP contribution in [0.15, 0.2) is 0 Å². The SMILES string of the molecule is CCC1(N)CN(CCCCOC)C1. The molecule has 0 aromatic heterocycles. The summed E-state index contributed by atoms with van der Waals surface area (Å²) in [5, 5.41) is 0. The predicted molar refractivity (Wildman–Crippen MR) is 54.8 cm³/mol. The zero-order valence-corrected chi connectivity index (χ0v) is 8.88.